The Labute approximate surface area is 136 Å². The molecule has 1 aliphatic rings. The molecule has 0 aromatic carbocycles. The zero-order valence-corrected chi connectivity index (χ0v) is 12.7. The molecule has 148 valence electrons. The molecule has 1 saturated heterocycles. The second-order valence-corrected chi connectivity index (χ2v) is 5.60. The summed E-state index contributed by atoms with van der Waals surface area (Å²) < 4.78 is 123. The van der Waals surface area contributed by atoms with Gasteiger partial charge in [-0.25, -0.2) is 4.79 Å². The number of rotatable bonds is 9. The summed E-state index contributed by atoms with van der Waals surface area (Å²) in [4.78, 5) is 10.6. The number of alkyl halides is 9. The topological polar surface area (TPSA) is 35.5 Å². The van der Waals surface area contributed by atoms with Crippen LogP contribution in [0.25, 0.3) is 0 Å². The van der Waals surface area contributed by atoms with Crippen molar-refractivity contribution in [2.24, 2.45) is 0 Å². The van der Waals surface area contributed by atoms with E-state index in [4.69, 9.17) is 0 Å². The Balaban J connectivity index is 2.40. The van der Waals surface area contributed by atoms with Gasteiger partial charge in [-0.05, 0) is 19.3 Å². The molecule has 0 saturated carbocycles. The zero-order valence-electron chi connectivity index (χ0n) is 12.7. The van der Waals surface area contributed by atoms with Crippen molar-refractivity contribution in [2.75, 3.05) is 6.61 Å². The van der Waals surface area contributed by atoms with E-state index >= 15 is 0 Å². The average molecular weight is 390 g/mol. The molecule has 3 nitrogen and oxygen atoms in total. The molecule has 0 amide bonds. The fourth-order valence-corrected chi connectivity index (χ4v) is 2.14. The fourth-order valence-electron chi connectivity index (χ4n) is 2.14. The number of halogens is 9. The quantitative estimate of drug-likeness (QED) is 0.303. The van der Waals surface area contributed by atoms with Crippen LogP contribution in [0.15, 0.2) is 0 Å². The molecule has 12 heteroatoms. The van der Waals surface area contributed by atoms with E-state index in [1.165, 1.54) is 0 Å². The first kappa shape index (κ1) is 21.7. The predicted octanol–water partition coefficient (Wildman–Crippen LogP) is 5.33. The second-order valence-electron chi connectivity index (χ2n) is 5.60. The van der Waals surface area contributed by atoms with Crippen LogP contribution >= 0.6 is 0 Å². The molecule has 1 heterocycles. The Bertz CT molecular complexity index is 462. The van der Waals surface area contributed by atoms with E-state index in [9.17, 15) is 44.3 Å². The van der Waals surface area contributed by atoms with Crippen molar-refractivity contribution < 1.29 is 53.8 Å². The van der Waals surface area contributed by atoms with Crippen molar-refractivity contribution in [3.8, 4) is 0 Å². The number of carbonyl (C=O) groups excluding carboxylic acids is 1. The Morgan fingerprint density at radius 1 is 0.840 bits per heavy atom. The Morgan fingerprint density at radius 2 is 1.40 bits per heavy atom. The largest absolute Gasteiger partial charge is 0.508 e. The Kier molecular flexibility index (Phi) is 6.49. The molecule has 1 atom stereocenters. The van der Waals surface area contributed by atoms with Crippen LogP contribution in [0.3, 0.4) is 0 Å². The number of cyclic esters (lactones) is 2. The van der Waals surface area contributed by atoms with Gasteiger partial charge in [0.1, 0.15) is 12.7 Å². The van der Waals surface area contributed by atoms with Crippen molar-refractivity contribution in [3.05, 3.63) is 0 Å². The lowest BCUT2D eigenvalue weighted by molar-refractivity contribution is -0.396. The van der Waals surface area contributed by atoms with Gasteiger partial charge in [0.05, 0.1) is 0 Å². The molecule has 0 aromatic heterocycles. The molecule has 0 radical (unpaired) electrons. The van der Waals surface area contributed by atoms with Crippen molar-refractivity contribution in [1.29, 1.82) is 0 Å². The van der Waals surface area contributed by atoms with Gasteiger partial charge in [-0.3, -0.25) is 0 Å². The van der Waals surface area contributed by atoms with Gasteiger partial charge >= 0.3 is 30.1 Å². The minimum atomic E-state index is -6.84. The molecule has 0 aliphatic carbocycles. The van der Waals surface area contributed by atoms with E-state index < -0.39 is 49.0 Å². The summed E-state index contributed by atoms with van der Waals surface area (Å²) in [5.74, 6) is -18.9. The van der Waals surface area contributed by atoms with Crippen molar-refractivity contribution in [2.45, 2.75) is 68.6 Å². The summed E-state index contributed by atoms with van der Waals surface area (Å²) >= 11 is 0. The molecule has 1 unspecified atom stereocenters. The van der Waals surface area contributed by atoms with Gasteiger partial charge in [-0.2, -0.15) is 39.5 Å². The van der Waals surface area contributed by atoms with Gasteiger partial charge in [-0.15, -0.1) is 0 Å². The van der Waals surface area contributed by atoms with E-state index in [0.29, 0.717) is 12.8 Å². The lowest BCUT2D eigenvalue weighted by atomic mass is 9.97. The summed E-state index contributed by atoms with van der Waals surface area (Å²) in [5.41, 5.74) is 0. The average Bonchev–Trinajstić information content (AvgIpc) is 2.86. The standard InChI is InChI=1S/C13H15F9O3/c14-10(15,11(16,17)12(18,19)13(20,21)22)6-4-2-1-3-5-8-7-24-9(23)25-8/h8H,1-7H2. The van der Waals surface area contributed by atoms with Gasteiger partial charge in [0.25, 0.3) is 0 Å². The van der Waals surface area contributed by atoms with E-state index in [1.54, 1.807) is 0 Å². The van der Waals surface area contributed by atoms with Crippen LogP contribution in [-0.2, 0) is 9.47 Å². The minimum Gasteiger partial charge on any atom is -0.430 e. The predicted molar refractivity (Wildman–Crippen MR) is 64.8 cm³/mol. The van der Waals surface area contributed by atoms with Gasteiger partial charge in [-0.1, -0.05) is 12.8 Å². The molecule has 0 spiro atoms. The zero-order chi connectivity index (χ0) is 19.5. The maximum atomic E-state index is 13.2. The van der Waals surface area contributed by atoms with Gasteiger partial charge in [0.2, 0.25) is 0 Å². The molecular formula is C13H15F9O3. The monoisotopic (exact) mass is 390 g/mol. The molecular weight excluding hydrogens is 375 g/mol. The first-order valence-corrected chi connectivity index (χ1v) is 7.26. The van der Waals surface area contributed by atoms with Crippen LogP contribution in [-0.4, -0.2) is 42.8 Å². The maximum Gasteiger partial charge on any atom is 0.508 e. The number of hydrogen-bond donors (Lipinski definition) is 0. The first-order valence-electron chi connectivity index (χ1n) is 7.26. The van der Waals surface area contributed by atoms with Crippen molar-refractivity contribution >= 4 is 6.16 Å². The highest BCUT2D eigenvalue weighted by Crippen LogP contribution is 2.54. The summed E-state index contributed by atoms with van der Waals surface area (Å²) in [7, 11) is 0. The first-order chi connectivity index (χ1) is 11.2. The summed E-state index contributed by atoms with van der Waals surface area (Å²) in [6, 6.07) is 0. The third-order valence-corrected chi connectivity index (χ3v) is 3.63. The highest BCUT2D eigenvalue weighted by molar-refractivity contribution is 5.61. The number of carbonyl (C=O) groups is 1. The third-order valence-electron chi connectivity index (χ3n) is 3.63. The van der Waals surface area contributed by atoms with E-state index in [0.717, 1.165) is 0 Å². The molecule has 1 aliphatic heterocycles. The molecule has 1 fully saturated rings. The van der Waals surface area contributed by atoms with E-state index in [1.807, 2.05) is 0 Å². The fraction of sp³-hybridized carbons (Fsp3) is 0.923. The van der Waals surface area contributed by atoms with Crippen LogP contribution in [0.5, 0.6) is 0 Å². The molecule has 1 rings (SSSR count). The van der Waals surface area contributed by atoms with Gasteiger partial charge in [0, 0.05) is 6.42 Å². The highest BCUT2D eigenvalue weighted by atomic mass is 19.4. The van der Waals surface area contributed by atoms with Crippen LogP contribution < -0.4 is 0 Å². The lowest BCUT2D eigenvalue weighted by Gasteiger charge is -2.33. The van der Waals surface area contributed by atoms with Crippen LogP contribution in [0.1, 0.15) is 38.5 Å². The van der Waals surface area contributed by atoms with Gasteiger partial charge < -0.3 is 9.47 Å². The van der Waals surface area contributed by atoms with Crippen LogP contribution in [0.4, 0.5) is 44.3 Å². The summed E-state index contributed by atoms with van der Waals surface area (Å²) in [5, 5.41) is 0. The minimum absolute atomic E-state index is 0.0235. The number of unbranched alkanes of at least 4 members (excludes halogenated alkanes) is 3. The van der Waals surface area contributed by atoms with E-state index in [2.05, 4.69) is 9.47 Å². The van der Waals surface area contributed by atoms with Crippen molar-refractivity contribution in [1.82, 2.24) is 0 Å². The Hall–Kier alpha value is -1.36. The lowest BCUT2D eigenvalue weighted by Crippen LogP contribution is -2.60. The Morgan fingerprint density at radius 3 is 1.88 bits per heavy atom. The van der Waals surface area contributed by atoms with E-state index in [-0.39, 0.29) is 19.4 Å². The smallest absolute Gasteiger partial charge is 0.430 e. The molecule has 0 bridgehead atoms. The van der Waals surface area contributed by atoms with Crippen LogP contribution in [0, 0.1) is 0 Å². The normalized spacial score (nSPS) is 19.7. The highest BCUT2D eigenvalue weighted by Gasteiger charge is 2.81. The van der Waals surface area contributed by atoms with Crippen molar-refractivity contribution in [3.63, 3.8) is 0 Å². The van der Waals surface area contributed by atoms with Gasteiger partial charge in [0.15, 0.2) is 0 Å². The molecule has 25 heavy (non-hydrogen) atoms. The molecule has 0 N–H and O–H groups in total. The summed E-state index contributed by atoms with van der Waals surface area (Å²) in [6.45, 7) is 0.0235. The molecule has 0 aromatic rings. The summed E-state index contributed by atoms with van der Waals surface area (Å²) in [6.07, 6.45) is -9.84. The second kappa shape index (κ2) is 7.48. The maximum absolute atomic E-state index is 13.2. The van der Waals surface area contributed by atoms with Crippen LogP contribution in [0.2, 0.25) is 0 Å². The SMILES string of the molecule is O=C1OCC(CCCCCCC(F)(F)C(F)(F)C(F)(F)C(F)(F)F)O1. The number of hydrogen-bond acceptors (Lipinski definition) is 3. The number of ether oxygens (including phenoxy) is 2. The third kappa shape index (κ3) is 4.84.